The standard InChI is InChI=1S/C22H30N6O2/c1-3-27(22(23)29)17-6-4-16(5-7-17)20-25-19-9-11-24-10-8-18(19)21(26-20)28-12-13-30-14-15(28)2/h4-7,15,24H,3,8-14H2,1-2H3,(H2,23,29)/t15-/m0/s1. The number of amides is 2. The number of morpholine rings is 1. The number of hydrogen-bond acceptors (Lipinski definition) is 6. The Morgan fingerprint density at radius 2 is 2.03 bits per heavy atom. The number of benzene rings is 1. The number of rotatable bonds is 4. The number of hydrogen-bond donors (Lipinski definition) is 2. The Kier molecular flexibility index (Phi) is 6.15. The van der Waals surface area contributed by atoms with Gasteiger partial charge in [-0.1, -0.05) is 0 Å². The number of urea groups is 1. The van der Waals surface area contributed by atoms with Gasteiger partial charge in [-0.15, -0.1) is 0 Å². The summed E-state index contributed by atoms with van der Waals surface area (Å²) in [5.74, 6) is 1.75. The SMILES string of the molecule is CCN(C(N)=O)c1ccc(-c2nc3c(c(N4CCOC[C@@H]4C)n2)CCNCC3)cc1. The van der Waals surface area contributed by atoms with E-state index in [2.05, 4.69) is 17.1 Å². The van der Waals surface area contributed by atoms with Crippen LogP contribution in [0.15, 0.2) is 24.3 Å². The highest BCUT2D eigenvalue weighted by molar-refractivity contribution is 5.90. The minimum absolute atomic E-state index is 0.276. The normalized spacial score (nSPS) is 19.1. The number of ether oxygens (including phenoxy) is 1. The van der Waals surface area contributed by atoms with E-state index in [1.54, 1.807) is 0 Å². The Labute approximate surface area is 177 Å². The molecular formula is C22H30N6O2. The van der Waals surface area contributed by atoms with Crippen molar-refractivity contribution in [2.45, 2.75) is 32.7 Å². The molecule has 1 fully saturated rings. The molecule has 0 unspecified atom stereocenters. The molecule has 8 heteroatoms. The van der Waals surface area contributed by atoms with E-state index in [-0.39, 0.29) is 6.04 Å². The van der Waals surface area contributed by atoms with Crippen molar-refractivity contribution in [2.24, 2.45) is 5.73 Å². The minimum atomic E-state index is -0.456. The maximum absolute atomic E-state index is 11.6. The largest absolute Gasteiger partial charge is 0.377 e. The molecule has 0 saturated carbocycles. The Hall–Kier alpha value is -2.71. The summed E-state index contributed by atoms with van der Waals surface area (Å²) in [6, 6.07) is 7.54. The molecule has 1 aromatic carbocycles. The second kappa shape index (κ2) is 8.97. The average Bonchev–Trinajstić information content (AvgIpc) is 3.00. The minimum Gasteiger partial charge on any atom is -0.377 e. The van der Waals surface area contributed by atoms with Gasteiger partial charge >= 0.3 is 6.03 Å². The van der Waals surface area contributed by atoms with Crippen molar-refractivity contribution in [3.8, 4) is 11.4 Å². The van der Waals surface area contributed by atoms with Gasteiger partial charge in [0.2, 0.25) is 0 Å². The van der Waals surface area contributed by atoms with Crippen molar-refractivity contribution in [3.63, 3.8) is 0 Å². The summed E-state index contributed by atoms with van der Waals surface area (Å²) in [6.07, 6.45) is 1.82. The number of anilines is 2. The fourth-order valence-electron chi connectivity index (χ4n) is 4.19. The lowest BCUT2D eigenvalue weighted by Crippen LogP contribution is -2.45. The van der Waals surface area contributed by atoms with Gasteiger partial charge in [0.05, 0.1) is 24.9 Å². The van der Waals surface area contributed by atoms with Crippen LogP contribution >= 0.6 is 0 Å². The molecule has 0 bridgehead atoms. The van der Waals surface area contributed by atoms with Gasteiger partial charge in [-0.25, -0.2) is 14.8 Å². The van der Waals surface area contributed by atoms with Gasteiger partial charge in [0.25, 0.3) is 0 Å². The first-order valence-electron chi connectivity index (χ1n) is 10.7. The van der Waals surface area contributed by atoms with E-state index in [1.165, 1.54) is 10.5 Å². The number of aromatic nitrogens is 2. The summed E-state index contributed by atoms with van der Waals surface area (Å²) in [5.41, 5.74) is 9.55. The van der Waals surface area contributed by atoms with Crippen LogP contribution in [-0.2, 0) is 17.6 Å². The van der Waals surface area contributed by atoms with E-state index in [9.17, 15) is 4.79 Å². The van der Waals surface area contributed by atoms with E-state index < -0.39 is 6.03 Å². The molecular weight excluding hydrogens is 380 g/mol. The van der Waals surface area contributed by atoms with Crippen LogP contribution in [0.2, 0.25) is 0 Å². The number of carbonyl (C=O) groups excluding carboxylic acids is 1. The van der Waals surface area contributed by atoms with Gasteiger partial charge in [-0.05, 0) is 51.1 Å². The molecule has 3 heterocycles. The number of nitrogens with two attached hydrogens (primary N) is 1. The molecule has 8 nitrogen and oxygen atoms in total. The Balaban J connectivity index is 1.74. The molecule has 30 heavy (non-hydrogen) atoms. The number of nitrogens with zero attached hydrogens (tertiary/aromatic N) is 4. The third kappa shape index (κ3) is 4.11. The van der Waals surface area contributed by atoms with Crippen molar-refractivity contribution >= 4 is 17.5 Å². The fourth-order valence-corrected chi connectivity index (χ4v) is 4.19. The topological polar surface area (TPSA) is 96.6 Å². The van der Waals surface area contributed by atoms with Crippen LogP contribution < -0.4 is 20.9 Å². The molecule has 1 atom stereocenters. The summed E-state index contributed by atoms with van der Waals surface area (Å²) >= 11 is 0. The second-order valence-electron chi connectivity index (χ2n) is 7.79. The predicted molar refractivity (Wildman–Crippen MR) is 118 cm³/mol. The summed E-state index contributed by atoms with van der Waals surface area (Å²) in [4.78, 5) is 25.5. The monoisotopic (exact) mass is 410 g/mol. The summed E-state index contributed by atoms with van der Waals surface area (Å²) < 4.78 is 5.64. The summed E-state index contributed by atoms with van der Waals surface area (Å²) in [5, 5.41) is 3.47. The van der Waals surface area contributed by atoms with Gasteiger partial charge in [-0.3, -0.25) is 4.90 Å². The van der Waals surface area contributed by atoms with Gasteiger partial charge < -0.3 is 20.7 Å². The Bertz CT molecular complexity index is 901. The van der Waals surface area contributed by atoms with E-state index in [4.69, 9.17) is 20.4 Å². The molecule has 1 aromatic heterocycles. The maximum atomic E-state index is 11.6. The zero-order valence-corrected chi connectivity index (χ0v) is 17.7. The van der Waals surface area contributed by atoms with Crippen molar-refractivity contribution in [2.75, 3.05) is 49.2 Å². The molecule has 3 N–H and O–H groups in total. The highest BCUT2D eigenvalue weighted by Gasteiger charge is 2.26. The quantitative estimate of drug-likeness (QED) is 0.800. The first-order chi connectivity index (χ1) is 14.6. The van der Waals surface area contributed by atoms with E-state index in [0.717, 1.165) is 61.1 Å². The Morgan fingerprint density at radius 1 is 1.27 bits per heavy atom. The summed E-state index contributed by atoms with van der Waals surface area (Å²) in [7, 11) is 0. The third-order valence-electron chi connectivity index (χ3n) is 5.82. The molecule has 4 rings (SSSR count). The van der Waals surface area contributed by atoms with Crippen LogP contribution in [-0.4, -0.2) is 61.4 Å². The van der Waals surface area contributed by atoms with Crippen LogP contribution in [0.25, 0.3) is 11.4 Å². The van der Waals surface area contributed by atoms with E-state index in [1.807, 2.05) is 31.2 Å². The lowest BCUT2D eigenvalue weighted by atomic mass is 10.1. The molecule has 0 radical (unpaired) electrons. The first-order valence-corrected chi connectivity index (χ1v) is 10.7. The summed E-state index contributed by atoms with van der Waals surface area (Å²) in [6.45, 7) is 8.72. The van der Waals surface area contributed by atoms with Gasteiger partial charge in [0, 0.05) is 42.9 Å². The van der Waals surface area contributed by atoms with Crippen LogP contribution in [0.1, 0.15) is 25.1 Å². The average molecular weight is 411 g/mol. The number of nitrogens with one attached hydrogen (secondary N) is 1. The smallest absolute Gasteiger partial charge is 0.319 e. The van der Waals surface area contributed by atoms with Crippen LogP contribution in [0, 0.1) is 0 Å². The number of carbonyl (C=O) groups is 1. The number of fused-ring (bicyclic) bond motifs is 1. The maximum Gasteiger partial charge on any atom is 0.319 e. The van der Waals surface area contributed by atoms with Gasteiger partial charge in [-0.2, -0.15) is 0 Å². The van der Waals surface area contributed by atoms with E-state index in [0.29, 0.717) is 19.8 Å². The fraction of sp³-hybridized carbons (Fsp3) is 0.500. The molecule has 2 aliphatic rings. The second-order valence-corrected chi connectivity index (χ2v) is 7.79. The number of primary amides is 1. The van der Waals surface area contributed by atoms with Crippen LogP contribution in [0.5, 0.6) is 0 Å². The molecule has 1 saturated heterocycles. The molecule has 2 aliphatic heterocycles. The molecule has 2 amide bonds. The molecule has 0 spiro atoms. The van der Waals surface area contributed by atoms with Crippen molar-refractivity contribution in [1.29, 1.82) is 0 Å². The van der Waals surface area contributed by atoms with Crippen LogP contribution in [0.3, 0.4) is 0 Å². The van der Waals surface area contributed by atoms with Crippen molar-refractivity contribution in [3.05, 3.63) is 35.5 Å². The van der Waals surface area contributed by atoms with Gasteiger partial charge in [0.1, 0.15) is 5.82 Å². The van der Waals surface area contributed by atoms with Crippen molar-refractivity contribution < 1.29 is 9.53 Å². The highest BCUT2D eigenvalue weighted by atomic mass is 16.5. The molecule has 160 valence electrons. The van der Waals surface area contributed by atoms with Crippen LogP contribution in [0.4, 0.5) is 16.3 Å². The lowest BCUT2D eigenvalue weighted by Gasteiger charge is -2.36. The zero-order chi connectivity index (χ0) is 21.1. The van der Waals surface area contributed by atoms with Gasteiger partial charge in [0.15, 0.2) is 5.82 Å². The third-order valence-corrected chi connectivity index (χ3v) is 5.82. The molecule has 0 aliphatic carbocycles. The lowest BCUT2D eigenvalue weighted by molar-refractivity contribution is 0.0984. The zero-order valence-electron chi connectivity index (χ0n) is 17.7. The first kappa shape index (κ1) is 20.6. The molecule has 2 aromatic rings. The highest BCUT2D eigenvalue weighted by Crippen LogP contribution is 2.30. The predicted octanol–water partition coefficient (Wildman–Crippen LogP) is 1.96. The van der Waals surface area contributed by atoms with Crippen molar-refractivity contribution in [1.82, 2.24) is 15.3 Å². The Morgan fingerprint density at radius 3 is 2.73 bits per heavy atom. The van der Waals surface area contributed by atoms with E-state index >= 15 is 0 Å².